The van der Waals surface area contributed by atoms with Gasteiger partial charge in [0.15, 0.2) is 12.5 Å². The number of ether oxygens (including phenoxy) is 2. The van der Waals surface area contributed by atoms with Gasteiger partial charge in [-0.3, -0.25) is 28.7 Å². The zero-order chi connectivity index (χ0) is 29.4. The van der Waals surface area contributed by atoms with E-state index in [1.54, 1.807) is 0 Å². The molecule has 0 spiro atoms. The highest BCUT2D eigenvalue weighted by Gasteiger charge is 2.45. The van der Waals surface area contributed by atoms with Crippen LogP contribution in [0.1, 0.15) is 18.0 Å². The van der Waals surface area contributed by atoms with Gasteiger partial charge in [-0.1, -0.05) is 11.6 Å². The predicted molar refractivity (Wildman–Crippen MR) is 119 cm³/mol. The first-order valence-electron chi connectivity index (χ1n) is 10.8. The number of nitrogens with zero attached hydrogens (tertiary/aromatic N) is 2. The number of H-pyrrole nitrogens is 2. The summed E-state index contributed by atoms with van der Waals surface area (Å²) in [6.45, 7) is -1.22. The second-order valence-electron chi connectivity index (χ2n) is 8.31. The normalized spacial score (nSPS) is 30.7. The van der Waals surface area contributed by atoms with Crippen LogP contribution in [0.15, 0.2) is 31.6 Å². The lowest BCUT2D eigenvalue weighted by atomic mass is 10.1. The Labute approximate surface area is 217 Å². The van der Waals surface area contributed by atoms with Crippen LogP contribution in [0.3, 0.4) is 0 Å². The van der Waals surface area contributed by atoms with Gasteiger partial charge in [-0.15, -0.1) is 0 Å². The molecule has 0 radical (unpaired) electrons. The Hall–Kier alpha value is -2.88. The summed E-state index contributed by atoms with van der Waals surface area (Å²) < 4.78 is 49.1. The van der Waals surface area contributed by atoms with E-state index in [0.29, 0.717) is 4.57 Å². The molecule has 8 atom stereocenters. The second-order valence-corrected chi connectivity index (χ2v) is 8.72. The number of aromatic amines is 2. The lowest BCUT2D eigenvalue weighted by Gasteiger charge is -2.18. The number of nitrogens with one attached hydrogen (secondary N) is 2. The van der Waals surface area contributed by atoms with E-state index < -0.39 is 96.5 Å². The van der Waals surface area contributed by atoms with Gasteiger partial charge in [-0.25, -0.2) is 9.59 Å². The van der Waals surface area contributed by atoms with E-state index in [1.807, 2.05) is 4.98 Å². The van der Waals surface area contributed by atoms with E-state index in [4.69, 9.17) is 31.3 Å². The summed E-state index contributed by atoms with van der Waals surface area (Å²) in [6.07, 6.45) is -15.1. The van der Waals surface area contributed by atoms with E-state index >= 15 is 0 Å². The molecule has 8 N–H and O–H groups in total. The summed E-state index contributed by atoms with van der Waals surface area (Å²) in [5.41, 5.74) is -6.12. The van der Waals surface area contributed by atoms with Crippen molar-refractivity contribution >= 4 is 11.6 Å². The minimum absolute atomic E-state index is 0.196. The van der Waals surface area contributed by atoms with Crippen LogP contribution in [-0.2, 0) is 15.7 Å². The zero-order valence-electron chi connectivity index (χ0n) is 19.2. The monoisotopic (exact) mass is 590 g/mol. The zero-order valence-corrected chi connectivity index (χ0v) is 20.0. The highest BCUT2D eigenvalue weighted by molar-refractivity contribution is 6.30. The van der Waals surface area contributed by atoms with Gasteiger partial charge in [0.1, 0.15) is 47.2 Å². The number of hydrogen-bond acceptors (Lipinski definition) is 12. The fourth-order valence-electron chi connectivity index (χ4n) is 3.75. The van der Waals surface area contributed by atoms with Crippen molar-refractivity contribution in [2.24, 2.45) is 0 Å². The Bertz CT molecular complexity index is 1410. The Kier molecular flexibility index (Phi) is 9.20. The molecule has 4 rings (SSSR count). The summed E-state index contributed by atoms with van der Waals surface area (Å²) >= 11 is 5.57. The third kappa shape index (κ3) is 6.15. The van der Waals surface area contributed by atoms with Gasteiger partial charge in [-0.2, -0.15) is 13.2 Å². The summed E-state index contributed by atoms with van der Waals surface area (Å²) in [4.78, 5) is 48.7. The van der Waals surface area contributed by atoms with Crippen molar-refractivity contribution in [2.75, 3.05) is 13.2 Å². The quantitative estimate of drug-likeness (QED) is 0.169. The first-order valence-corrected chi connectivity index (χ1v) is 11.2. The average Bonchev–Trinajstić information content (AvgIpc) is 3.30. The molecule has 218 valence electrons. The lowest BCUT2D eigenvalue weighted by Crippen LogP contribution is -2.40. The molecule has 2 aromatic rings. The maximum absolute atomic E-state index is 12.6. The molecular formula is C19H22ClF3N4O12. The van der Waals surface area contributed by atoms with Gasteiger partial charge >= 0.3 is 17.6 Å². The van der Waals surface area contributed by atoms with Crippen molar-refractivity contribution in [3.8, 4) is 0 Å². The summed E-state index contributed by atoms with van der Waals surface area (Å²) in [7, 11) is 0. The largest absolute Gasteiger partial charge is 0.423 e. The second kappa shape index (κ2) is 11.7. The molecule has 2 aliphatic rings. The minimum atomic E-state index is -5.01. The van der Waals surface area contributed by atoms with Gasteiger partial charge in [0, 0.05) is 12.4 Å². The van der Waals surface area contributed by atoms with Crippen LogP contribution in [0.4, 0.5) is 13.2 Å². The molecule has 0 bridgehead atoms. The smallest absolute Gasteiger partial charge is 0.394 e. The predicted octanol–water partition coefficient (Wildman–Crippen LogP) is -4.03. The molecular weight excluding hydrogens is 569 g/mol. The molecule has 16 nitrogen and oxygen atoms in total. The third-order valence-electron chi connectivity index (χ3n) is 5.78. The van der Waals surface area contributed by atoms with Crippen LogP contribution in [-0.4, -0.2) is 99.6 Å². The fraction of sp³-hybridized carbons (Fsp3) is 0.579. The average molecular weight is 591 g/mol. The van der Waals surface area contributed by atoms with Crippen molar-refractivity contribution in [3.63, 3.8) is 0 Å². The molecule has 2 aromatic heterocycles. The molecule has 2 aliphatic heterocycles. The fourth-order valence-corrected chi connectivity index (χ4v) is 3.90. The van der Waals surface area contributed by atoms with Crippen LogP contribution in [0.5, 0.6) is 0 Å². The van der Waals surface area contributed by atoms with E-state index in [2.05, 4.69) is 0 Å². The SMILES string of the molecule is O=c1[nH]c(=O)n([C@@H]2O[C@H](CO)[C@@H](O)[C@H]2O)cc1C(F)(F)F.O=c1[nH]c(=O)n([C@@H]2O[C@H](CO)[C@@H](O)[C@H]2O)cc1Cl. The number of alkyl halides is 3. The number of hydrogen-bond donors (Lipinski definition) is 8. The number of aliphatic hydroxyl groups is 6. The Morgan fingerprint density at radius 2 is 1.18 bits per heavy atom. The molecule has 20 heteroatoms. The number of rotatable bonds is 4. The van der Waals surface area contributed by atoms with Gasteiger partial charge < -0.3 is 40.1 Å². The Morgan fingerprint density at radius 3 is 1.56 bits per heavy atom. The summed E-state index contributed by atoms with van der Waals surface area (Å²) in [6, 6.07) is 0. The number of halogens is 4. The van der Waals surface area contributed by atoms with Crippen molar-refractivity contribution in [1.82, 2.24) is 19.1 Å². The topological polar surface area (TPSA) is 250 Å². The van der Waals surface area contributed by atoms with Crippen LogP contribution in [0.25, 0.3) is 0 Å². The van der Waals surface area contributed by atoms with Gasteiger partial charge in [0.2, 0.25) is 0 Å². The molecule has 39 heavy (non-hydrogen) atoms. The van der Waals surface area contributed by atoms with E-state index in [0.717, 1.165) is 10.8 Å². The maximum Gasteiger partial charge on any atom is 0.423 e. The van der Waals surface area contributed by atoms with Crippen molar-refractivity contribution < 1.29 is 53.3 Å². The van der Waals surface area contributed by atoms with Crippen molar-refractivity contribution in [3.05, 3.63) is 64.7 Å². The molecule has 2 saturated heterocycles. The van der Waals surface area contributed by atoms with Crippen molar-refractivity contribution in [2.45, 2.75) is 55.3 Å². The Morgan fingerprint density at radius 1 is 0.769 bits per heavy atom. The number of aliphatic hydroxyl groups excluding tert-OH is 6. The van der Waals surface area contributed by atoms with Crippen LogP contribution in [0.2, 0.25) is 5.02 Å². The molecule has 0 saturated carbocycles. The summed E-state index contributed by atoms with van der Waals surface area (Å²) in [5.74, 6) is 0. The molecule has 4 heterocycles. The molecule has 0 aromatic carbocycles. The first-order chi connectivity index (χ1) is 18.1. The van der Waals surface area contributed by atoms with Crippen LogP contribution in [0, 0.1) is 0 Å². The van der Waals surface area contributed by atoms with E-state index in [9.17, 15) is 52.8 Å². The third-order valence-corrected chi connectivity index (χ3v) is 6.05. The van der Waals surface area contributed by atoms with E-state index in [1.165, 1.54) is 4.98 Å². The minimum Gasteiger partial charge on any atom is -0.394 e. The summed E-state index contributed by atoms with van der Waals surface area (Å²) in [5, 5.41) is 56.0. The van der Waals surface area contributed by atoms with Gasteiger partial charge in [0.05, 0.1) is 13.2 Å². The molecule has 0 aliphatic carbocycles. The van der Waals surface area contributed by atoms with Gasteiger partial charge in [0.25, 0.3) is 11.1 Å². The lowest BCUT2D eigenvalue weighted by molar-refractivity contribution is -0.140. The maximum atomic E-state index is 12.6. The molecule has 2 fully saturated rings. The number of aromatic nitrogens is 4. The molecule has 0 unspecified atom stereocenters. The van der Waals surface area contributed by atoms with Crippen LogP contribution < -0.4 is 22.5 Å². The van der Waals surface area contributed by atoms with Crippen molar-refractivity contribution in [1.29, 1.82) is 0 Å². The van der Waals surface area contributed by atoms with Gasteiger partial charge in [-0.05, 0) is 0 Å². The molecule has 0 amide bonds. The highest BCUT2D eigenvalue weighted by Crippen LogP contribution is 2.31. The highest BCUT2D eigenvalue weighted by atomic mass is 35.5. The van der Waals surface area contributed by atoms with E-state index in [-0.39, 0.29) is 11.2 Å². The standard InChI is InChI=1S/C10H11F3N2O6.C9H11ClN2O6/c11-10(12,13)3-1-15(9(20)14-7(3)19)8-6(18)5(17)4(2-16)21-8;10-3-1-12(9(17)11-7(3)16)8-6(15)5(14)4(2-13)18-8/h1,4-6,8,16-18H,2H2,(H,14,19,20);1,4-6,8,13-15H,2H2,(H,11,16,17)/t2*4-,5-,6-,8-/m11/s1. The van der Waals surface area contributed by atoms with Crippen LogP contribution >= 0.6 is 11.6 Å². The Balaban J connectivity index is 0.000000218. The first kappa shape index (κ1) is 30.7.